The van der Waals surface area contributed by atoms with E-state index < -0.39 is 6.04 Å². The molecular weight excluding hydrogens is 368 g/mol. The molecule has 0 saturated carbocycles. The van der Waals surface area contributed by atoms with E-state index in [2.05, 4.69) is 15.5 Å². The first-order valence-electron chi connectivity index (χ1n) is 10.4. The number of hydrogen-bond donors (Lipinski definition) is 3. The lowest BCUT2D eigenvalue weighted by Crippen LogP contribution is -2.50. The van der Waals surface area contributed by atoms with Gasteiger partial charge in [0.05, 0.1) is 5.92 Å². The van der Waals surface area contributed by atoms with E-state index in [1.54, 1.807) is 12.1 Å². The van der Waals surface area contributed by atoms with Crippen molar-refractivity contribution in [2.45, 2.75) is 46.1 Å². The maximum absolute atomic E-state index is 12.6. The van der Waals surface area contributed by atoms with Gasteiger partial charge in [0, 0.05) is 18.7 Å². The molecule has 0 aliphatic carbocycles. The average molecular weight is 403 g/mol. The number of rotatable bonds is 9. The highest BCUT2D eigenvalue weighted by molar-refractivity contribution is 5.97. The molecule has 0 spiro atoms. The molecule has 1 heterocycles. The number of piperidine rings is 1. The van der Waals surface area contributed by atoms with Gasteiger partial charge in [-0.05, 0) is 57.3 Å². The lowest BCUT2D eigenvalue weighted by atomic mass is 9.97. The summed E-state index contributed by atoms with van der Waals surface area (Å²) in [5.74, 6) is -0.741. The Labute approximate surface area is 173 Å². The van der Waals surface area contributed by atoms with Crippen LogP contribution in [0.3, 0.4) is 0 Å². The second-order valence-corrected chi connectivity index (χ2v) is 8.25. The van der Waals surface area contributed by atoms with E-state index in [1.807, 2.05) is 32.9 Å². The molecule has 1 fully saturated rings. The molecule has 7 heteroatoms. The van der Waals surface area contributed by atoms with Crippen LogP contribution in [0.15, 0.2) is 24.3 Å². The van der Waals surface area contributed by atoms with Crippen molar-refractivity contribution in [3.8, 4) is 0 Å². The van der Waals surface area contributed by atoms with E-state index in [0.717, 1.165) is 37.9 Å². The fraction of sp³-hybridized carbons (Fsp3) is 0.591. The van der Waals surface area contributed by atoms with Crippen molar-refractivity contribution in [2.24, 2.45) is 17.6 Å². The Kier molecular flexibility index (Phi) is 8.64. The average Bonchev–Trinajstić information content (AvgIpc) is 2.69. The Hall–Kier alpha value is -2.41. The number of amides is 3. The third-order valence-electron chi connectivity index (χ3n) is 5.41. The largest absolute Gasteiger partial charge is 0.369 e. The summed E-state index contributed by atoms with van der Waals surface area (Å²) in [5.41, 5.74) is 7.04. The van der Waals surface area contributed by atoms with Gasteiger partial charge >= 0.3 is 0 Å². The van der Waals surface area contributed by atoms with Crippen LogP contribution in [0, 0.1) is 18.8 Å². The number of nitrogens with two attached hydrogens (primary N) is 1. The van der Waals surface area contributed by atoms with Gasteiger partial charge in [-0.1, -0.05) is 31.5 Å². The van der Waals surface area contributed by atoms with E-state index in [9.17, 15) is 14.4 Å². The molecule has 29 heavy (non-hydrogen) atoms. The van der Waals surface area contributed by atoms with Gasteiger partial charge < -0.3 is 21.3 Å². The van der Waals surface area contributed by atoms with Crippen LogP contribution in [0.2, 0.25) is 0 Å². The highest BCUT2D eigenvalue weighted by atomic mass is 16.2. The SMILES string of the molecule is Cc1ccc(C(=O)NC(C(=O)NCCCN2CCCC(C(N)=O)C2)C(C)C)cc1. The van der Waals surface area contributed by atoms with Gasteiger partial charge in [-0.2, -0.15) is 0 Å². The van der Waals surface area contributed by atoms with Gasteiger partial charge in [0.15, 0.2) is 0 Å². The van der Waals surface area contributed by atoms with E-state index in [1.165, 1.54) is 0 Å². The normalized spacial score (nSPS) is 18.3. The Morgan fingerprint density at radius 2 is 1.90 bits per heavy atom. The maximum atomic E-state index is 12.6. The molecule has 2 rings (SSSR count). The summed E-state index contributed by atoms with van der Waals surface area (Å²) < 4.78 is 0. The molecule has 0 radical (unpaired) electrons. The van der Waals surface area contributed by atoms with Crippen molar-refractivity contribution >= 4 is 17.7 Å². The molecule has 160 valence electrons. The summed E-state index contributed by atoms with van der Waals surface area (Å²) in [6.07, 6.45) is 2.62. The molecule has 1 saturated heterocycles. The molecule has 0 aromatic heterocycles. The Balaban J connectivity index is 1.78. The first-order chi connectivity index (χ1) is 13.8. The number of hydrogen-bond acceptors (Lipinski definition) is 4. The number of aryl methyl sites for hydroxylation is 1. The highest BCUT2D eigenvalue weighted by Gasteiger charge is 2.25. The zero-order valence-electron chi connectivity index (χ0n) is 17.7. The lowest BCUT2D eigenvalue weighted by Gasteiger charge is -2.31. The second kappa shape index (κ2) is 11.0. The fourth-order valence-corrected chi connectivity index (χ4v) is 3.58. The molecular formula is C22H34N4O3. The van der Waals surface area contributed by atoms with Crippen LogP contribution in [-0.2, 0) is 9.59 Å². The molecule has 1 aliphatic heterocycles. The molecule has 1 aromatic carbocycles. The van der Waals surface area contributed by atoms with Crippen molar-refractivity contribution in [1.82, 2.24) is 15.5 Å². The summed E-state index contributed by atoms with van der Waals surface area (Å²) in [7, 11) is 0. The predicted octanol–water partition coefficient (Wildman–Crippen LogP) is 1.45. The monoisotopic (exact) mass is 402 g/mol. The molecule has 4 N–H and O–H groups in total. The van der Waals surface area contributed by atoms with Crippen LogP contribution >= 0.6 is 0 Å². The van der Waals surface area contributed by atoms with E-state index in [0.29, 0.717) is 18.7 Å². The van der Waals surface area contributed by atoms with Crippen LogP contribution in [0.5, 0.6) is 0 Å². The van der Waals surface area contributed by atoms with Gasteiger partial charge in [-0.3, -0.25) is 14.4 Å². The van der Waals surface area contributed by atoms with Gasteiger partial charge in [0.25, 0.3) is 5.91 Å². The number of benzene rings is 1. The molecule has 1 aromatic rings. The van der Waals surface area contributed by atoms with Crippen molar-refractivity contribution < 1.29 is 14.4 Å². The Morgan fingerprint density at radius 1 is 1.21 bits per heavy atom. The molecule has 2 atom stereocenters. The van der Waals surface area contributed by atoms with E-state index in [-0.39, 0.29) is 29.6 Å². The predicted molar refractivity (Wildman–Crippen MR) is 113 cm³/mol. The number of carbonyl (C=O) groups is 3. The van der Waals surface area contributed by atoms with Crippen molar-refractivity contribution in [2.75, 3.05) is 26.2 Å². The number of nitrogens with one attached hydrogen (secondary N) is 2. The first-order valence-corrected chi connectivity index (χ1v) is 10.4. The first kappa shape index (κ1) is 22.9. The second-order valence-electron chi connectivity index (χ2n) is 8.25. The summed E-state index contributed by atoms with van der Waals surface area (Å²) in [5, 5.41) is 5.78. The number of likely N-dealkylation sites (tertiary alicyclic amines) is 1. The van der Waals surface area contributed by atoms with Gasteiger partial charge in [-0.15, -0.1) is 0 Å². The van der Waals surface area contributed by atoms with Crippen LogP contribution < -0.4 is 16.4 Å². The molecule has 7 nitrogen and oxygen atoms in total. The van der Waals surface area contributed by atoms with Crippen molar-refractivity contribution in [3.63, 3.8) is 0 Å². The quantitative estimate of drug-likeness (QED) is 0.544. The Bertz CT molecular complexity index is 703. The molecule has 1 aliphatic rings. The number of carbonyl (C=O) groups excluding carboxylic acids is 3. The van der Waals surface area contributed by atoms with Crippen LogP contribution in [0.1, 0.15) is 49.0 Å². The summed E-state index contributed by atoms with van der Waals surface area (Å²) in [6, 6.07) is 6.69. The van der Waals surface area contributed by atoms with Crippen LogP contribution in [0.4, 0.5) is 0 Å². The zero-order chi connectivity index (χ0) is 21.4. The fourth-order valence-electron chi connectivity index (χ4n) is 3.58. The number of nitrogens with zero attached hydrogens (tertiary/aromatic N) is 1. The zero-order valence-corrected chi connectivity index (χ0v) is 17.7. The topological polar surface area (TPSA) is 105 Å². The minimum absolute atomic E-state index is 0.0252. The molecule has 3 amide bonds. The minimum Gasteiger partial charge on any atom is -0.369 e. The highest BCUT2D eigenvalue weighted by Crippen LogP contribution is 2.16. The minimum atomic E-state index is -0.585. The van der Waals surface area contributed by atoms with Crippen molar-refractivity contribution in [1.29, 1.82) is 0 Å². The third-order valence-corrected chi connectivity index (χ3v) is 5.41. The third kappa shape index (κ3) is 7.16. The van der Waals surface area contributed by atoms with Gasteiger partial charge in [0.1, 0.15) is 6.04 Å². The summed E-state index contributed by atoms with van der Waals surface area (Å²) >= 11 is 0. The van der Waals surface area contributed by atoms with Crippen LogP contribution in [-0.4, -0.2) is 54.8 Å². The van der Waals surface area contributed by atoms with Crippen LogP contribution in [0.25, 0.3) is 0 Å². The summed E-state index contributed by atoms with van der Waals surface area (Å²) in [4.78, 5) is 38.7. The maximum Gasteiger partial charge on any atom is 0.251 e. The number of primary amides is 1. The van der Waals surface area contributed by atoms with E-state index in [4.69, 9.17) is 5.73 Å². The Morgan fingerprint density at radius 3 is 2.52 bits per heavy atom. The lowest BCUT2D eigenvalue weighted by molar-refractivity contribution is -0.124. The van der Waals surface area contributed by atoms with Crippen molar-refractivity contribution in [3.05, 3.63) is 35.4 Å². The summed E-state index contributed by atoms with van der Waals surface area (Å²) in [6.45, 7) is 8.79. The van der Waals surface area contributed by atoms with E-state index >= 15 is 0 Å². The van der Waals surface area contributed by atoms with Gasteiger partial charge in [-0.25, -0.2) is 0 Å². The van der Waals surface area contributed by atoms with Gasteiger partial charge in [0.2, 0.25) is 11.8 Å². The standard InChI is InChI=1S/C22H34N4O3/c1-15(2)19(25-21(28)17-9-7-16(3)8-10-17)22(29)24-11-5-13-26-12-4-6-18(14-26)20(23)27/h7-10,15,18-19H,4-6,11-14H2,1-3H3,(H2,23,27)(H,24,29)(H,25,28). The molecule has 0 bridgehead atoms. The smallest absolute Gasteiger partial charge is 0.251 e. The molecule has 2 unspecified atom stereocenters.